The standard InChI is InChI=1S/C26H26N4O3S2/c1-2-22-28-20(16-35-22)26(33)29-12-13-30(23(31)14-29)24(25(32)27-17-8-4-3-5-9-17)19-15-34-21-11-7-6-10-18(19)21/h1,6-7,10-11,15-17,24H,3-5,8-9,12-14H2,(H,27,32). The molecule has 1 saturated heterocycles. The number of benzene rings is 1. The van der Waals surface area contributed by atoms with Crippen LogP contribution in [0.4, 0.5) is 0 Å². The zero-order valence-electron chi connectivity index (χ0n) is 19.2. The third-order valence-electron chi connectivity index (χ3n) is 6.71. The lowest BCUT2D eigenvalue weighted by molar-refractivity contribution is -0.144. The van der Waals surface area contributed by atoms with Crippen LogP contribution in [0, 0.1) is 12.3 Å². The Labute approximate surface area is 212 Å². The number of carbonyl (C=O) groups excluding carboxylic acids is 3. The van der Waals surface area contributed by atoms with Crippen LogP contribution in [-0.2, 0) is 9.59 Å². The number of aromatic nitrogens is 1. The van der Waals surface area contributed by atoms with Gasteiger partial charge in [0, 0.05) is 34.8 Å². The fraction of sp³-hybridized carbons (Fsp3) is 0.385. The largest absolute Gasteiger partial charge is 0.351 e. The predicted molar refractivity (Wildman–Crippen MR) is 137 cm³/mol. The number of hydrogen-bond acceptors (Lipinski definition) is 6. The van der Waals surface area contributed by atoms with Gasteiger partial charge >= 0.3 is 0 Å². The lowest BCUT2D eigenvalue weighted by Gasteiger charge is -2.39. The highest BCUT2D eigenvalue weighted by atomic mass is 32.1. The molecule has 2 fully saturated rings. The number of rotatable bonds is 5. The van der Waals surface area contributed by atoms with E-state index in [0.29, 0.717) is 11.6 Å². The van der Waals surface area contributed by atoms with E-state index in [1.54, 1.807) is 21.6 Å². The van der Waals surface area contributed by atoms with Gasteiger partial charge in [-0.3, -0.25) is 14.4 Å². The summed E-state index contributed by atoms with van der Waals surface area (Å²) in [6, 6.07) is 7.35. The molecule has 3 amide bonds. The molecular formula is C26H26N4O3S2. The Morgan fingerprint density at radius 2 is 1.91 bits per heavy atom. The molecule has 1 aliphatic heterocycles. The maximum Gasteiger partial charge on any atom is 0.273 e. The summed E-state index contributed by atoms with van der Waals surface area (Å²) in [5.41, 5.74) is 1.09. The summed E-state index contributed by atoms with van der Waals surface area (Å²) in [6.45, 7) is 0.490. The molecule has 2 aromatic heterocycles. The molecule has 7 nitrogen and oxygen atoms in total. The summed E-state index contributed by atoms with van der Waals surface area (Å²) >= 11 is 2.80. The van der Waals surface area contributed by atoms with E-state index < -0.39 is 6.04 Å². The van der Waals surface area contributed by atoms with Crippen LogP contribution in [0.15, 0.2) is 35.0 Å². The van der Waals surface area contributed by atoms with Gasteiger partial charge in [-0.15, -0.1) is 29.1 Å². The summed E-state index contributed by atoms with van der Waals surface area (Å²) in [5, 5.41) is 8.24. The van der Waals surface area contributed by atoms with E-state index in [4.69, 9.17) is 6.42 Å². The molecule has 1 aromatic carbocycles. The Hall–Kier alpha value is -3.22. The topological polar surface area (TPSA) is 82.6 Å². The molecule has 1 saturated carbocycles. The van der Waals surface area contributed by atoms with Crippen molar-refractivity contribution in [3.8, 4) is 12.3 Å². The van der Waals surface area contributed by atoms with E-state index in [9.17, 15) is 14.4 Å². The molecule has 1 aliphatic carbocycles. The van der Waals surface area contributed by atoms with E-state index in [-0.39, 0.29) is 42.5 Å². The number of nitrogens with one attached hydrogen (secondary N) is 1. The van der Waals surface area contributed by atoms with Crippen molar-refractivity contribution in [2.45, 2.75) is 44.2 Å². The van der Waals surface area contributed by atoms with Gasteiger partial charge < -0.3 is 15.1 Å². The Morgan fingerprint density at radius 3 is 2.66 bits per heavy atom. The molecule has 0 spiro atoms. The fourth-order valence-corrected chi connectivity index (χ4v) is 6.50. The van der Waals surface area contributed by atoms with Crippen molar-refractivity contribution in [3.05, 3.63) is 51.3 Å². The Kier molecular flexibility index (Phi) is 6.84. The van der Waals surface area contributed by atoms with Gasteiger partial charge in [-0.25, -0.2) is 4.98 Å². The molecule has 3 aromatic rings. The first-order chi connectivity index (χ1) is 17.0. The summed E-state index contributed by atoms with van der Waals surface area (Å²) in [4.78, 5) is 47.2. The van der Waals surface area contributed by atoms with Crippen molar-refractivity contribution >= 4 is 50.5 Å². The van der Waals surface area contributed by atoms with Crippen molar-refractivity contribution in [2.75, 3.05) is 19.6 Å². The maximum absolute atomic E-state index is 13.7. The molecule has 1 unspecified atom stereocenters. The second-order valence-electron chi connectivity index (χ2n) is 8.93. The minimum Gasteiger partial charge on any atom is -0.351 e. The van der Waals surface area contributed by atoms with Crippen LogP contribution in [0.2, 0.25) is 0 Å². The normalized spacial score (nSPS) is 17.9. The monoisotopic (exact) mass is 506 g/mol. The van der Waals surface area contributed by atoms with Crippen molar-refractivity contribution < 1.29 is 14.4 Å². The number of nitrogens with zero attached hydrogens (tertiary/aromatic N) is 3. The Bertz CT molecular complexity index is 1300. The van der Waals surface area contributed by atoms with Crippen LogP contribution < -0.4 is 5.32 Å². The highest BCUT2D eigenvalue weighted by Gasteiger charge is 2.38. The molecule has 2 aliphatic rings. The SMILES string of the molecule is C#Cc1nc(C(=O)N2CCN(C(C(=O)NC3CCCCC3)c3csc4ccccc34)C(=O)C2)cs1. The van der Waals surface area contributed by atoms with Crippen LogP contribution in [-0.4, -0.2) is 58.2 Å². The van der Waals surface area contributed by atoms with Crippen LogP contribution >= 0.6 is 22.7 Å². The number of carbonyl (C=O) groups is 3. The summed E-state index contributed by atoms with van der Waals surface area (Å²) in [7, 11) is 0. The zero-order valence-corrected chi connectivity index (χ0v) is 20.9. The minimum atomic E-state index is -0.731. The molecule has 180 valence electrons. The van der Waals surface area contributed by atoms with Crippen LogP contribution in [0.25, 0.3) is 10.1 Å². The van der Waals surface area contributed by atoms with E-state index in [1.165, 1.54) is 22.7 Å². The third kappa shape index (κ3) is 4.81. The summed E-state index contributed by atoms with van der Waals surface area (Å²) in [5.74, 6) is 1.71. The van der Waals surface area contributed by atoms with E-state index >= 15 is 0 Å². The second-order valence-corrected chi connectivity index (χ2v) is 10.7. The number of fused-ring (bicyclic) bond motifs is 1. The molecule has 5 rings (SSSR count). The van der Waals surface area contributed by atoms with Gasteiger partial charge in [0.2, 0.25) is 11.8 Å². The van der Waals surface area contributed by atoms with E-state index in [0.717, 1.165) is 41.3 Å². The molecule has 0 bridgehead atoms. The van der Waals surface area contributed by atoms with Crippen molar-refractivity contribution in [1.29, 1.82) is 0 Å². The number of thiazole rings is 1. The van der Waals surface area contributed by atoms with Gasteiger partial charge in [-0.05, 0) is 35.6 Å². The molecule has 9 heteroatoms. The number of hydrogen-bond donors (Lipinski definition) is 1. The zero-order chi connectivity index (χ0) is 24.4. The second kappa shape index (κ2) is 10.2. The molecule has 35 heavy (non-hydrogen) atoms. The van der Waals surface area contributed by atoms with Crippen LogP contribution in [0.1, 0.15) is 59.2 Å². The van der Waals surface area contributed by atoms with Crippen molar-refractivity contribution in [1.82, 2.24) is 20.1 Å². The third-order valence-corrected chi connectivity index (χ3v) is 8.46. The Balaban J connectivity index is 1.39. The molecular weight excluding hydrogens is 480 g/mol. The highest BCUT2D eigenvalue weighted by molar-refractivity contribution is 7.17. The first-order valence-corrected chi connectivity index (χ1v) is 13.6. The number of thiophene rings is 1. The highest BCUT2D eigenvalue weighted by Crippen LogP contribution is 2.35. The van der Waals surface area contributed by atoms with Crippen LogP contribution in [0.5, 0.6) is 0 Å². The summed E-state index contributed by atoms with van der Waals surface area (Å²) in [6.07, 6.45) is 10.7. The average Bonchev–Trinajstić information content (AvgIpc) is 3.53. The molecule has 0 radical (unpaired) electrons. The van der Waals surface area contributed by atoms with Crippen molar-refractivity contribution in [3.63, 3.8) is 0 Å². The fourth-order valence-electron chi connectivity index (χ4n) is 4.92. The number of piperazine rings is 1. The van der Waals surface area contributed by atoms with Gasteiger partial charge in [-0.2, -0.15) is 0 Å². The minimum absolute atomic E-state index is 0.100. The predicted octanol–water partition coefficient (Wildman–Crippen LogP) is 3.81. The van der Waals surface area contributed by atoms with Gasteiger partial charge in [0.1, 0.15) is 18.3 Å². The van der Waals surface area contributed by atoms with Gasteiger partial charge in [0.25, 0.3) is 5.91 Å². The quantitative estimate of drug-likeness (QED) is 0.534. The smallest absolute Gasteiger partial charge is 0.273 e. The lowest BCUT2D eigenvalue weighted by Crippen LogP contribution is -2.56. The molecule has 1 atom stereocenters. The maximum atomic E-state index is 13.7. The number of amides is 3. The van der Waals surface area contributed by atoms with E-state index in [2.05, 4.69) is 16.2 Å². The number of terminal acetylenes is 1. The first-order valence-electron chi connectivity index (χ1n) is 11.8. The van der Waals surface area contributed by atoms with Crippen molar-refractivity contribution in [2.24, 2.45) is 0 Å². The van der Waals surface area contributed by atoms with Gasteiger partial charge in [0.15, 0.2) is 5.01 Å². The van der Waals surface area contributed by atoms with E-state index in [1.807, 2.05) is 29.6 Å². The van der Waals surface area contributed by atoms with Gasteiger partial charge in [-0.1, -0.05) is 37.5 Å². The van der Waals surface area contributed by atoms with Gasteiger partial charge in [0.05, 0.1) is 0 Å². The molecule has 1 N–H and O–H groups in total. The lowest BCUT2D eigenvalue weighted by atomic mass is 9.94. The average molecular weight is 507 g/mol. The Morgan fingerprint density at radius 1 is 1.11 bits per heavy atom. The first kappa shape index (κ1) is 23.5. The molecule has 3 heterocycles. The van der Waals surface area contributed by atoms with Crippen LogP contribution in [0.3, 0.4) is 0 Å². The summed E-state index contributed by atoms with van der Waals surface area (Å²) < 4.78 is 1.08.